The monoisotopic (exact) mass is 926 g/mol. The van der Waals surface area contributed by atoms with Crippen molar-refractivity contribution in [1.29, 1.82) is 0 Å². The van der Waals surface area contributed by atoms with Crippen molar-refractivity contribution in [3.63, 3.8) is 0 Å². The topological polar surface area (TPSA) is 149 Å². The Bertz CT molecular complexity index is 1300. The van der Waals surface area contributed by atoms with E-state index in [9.17, 15) is 30.3 Å². The number of carbonyl (C=O) groups excluding carboxylic acids is 1. The Kier molecular flexibility index (Phi) is 42.9. The van der Waals surface area contributed by atoms with Gasteiger partial charge in [-0.25, -0.2) is 0 Å². The molecular formula is C57H99NO8. The van der Waals surface area contributed by atoms with Crippen LogP contribution in [0.15, 0.2) is 85.1 Å². The second-order valence-electron chi connectivity index (χ2n) is 18.3. The number of hydrogen-bond acceptors (Lipinski definition) is 8. The summed E-state index contributed by atoms with van der Waals surface area (Å²) in [6.45, 7) is 3.63. The summed E-state index contributed by atoms with van der Waals surface area (Å²) in [5, 5.41) is 54.4. The Morgan fingerprint density at radius 2 is 0.955 bits per heavy atom. The smallest absolute Gasteiger partial charge is 0.220 e. The number of allylic oxidation sites excluding steroid dienone is 13. The average molecular weight is 926 g/mol. The standard InChI is InChI=1S/C57H99NO8/c1-3-5-7-9-11-13-15-17-19-21-23-24-25-26-27-29-30-32-34-36-38-40-42-44-46-51(60)50(49-65-57-56(64)55(63)54(62)52(48-59)66-57)58-53(61)47-45-43-41-39-37-35-33-31-28-22-20-18-16-14-12-10-8-6-4-2/h6,8,12,14,18,20,28,31,35-38,44,46,50-52,54-57,59-60,62-64H,3-5,7,9-11,13,15-17,19,21-27,29-30,32-34,39-43,45,47-49H2,1-2H3,(H,58,61)/b8-6-,14-12-,20-18-,31-28-,37-35-,38-36+,46-44+. The first kappa shape index (κ1) is 61.4. The van der Waals surface area contributed by atoms with Crippen LogP contribution in [0.3, 0.4) is 0 Å². The third kappa shape index (κ3) is 35.5. The van der Waals surface area contributed by atoms with E-state index in [1.165, 1.54) is 116 Å². The summed E-state index contributed by atoms with van der Waals surface area (Å²) in [6, 6.07) is -0.845. The van der Waals surface area contributed by atoms with Gasteiger partial charge in [-0.15, -0.1) is 0 Å². The van der Waals surface area contributed by atoms with Crippen molar-refractivity contribution < 1.29 is 39.8 Å². The van der Waals surface area contributed by atoms with E-state index >= 15 is 0 Å². The lowest BCUT2D eigenvalue weighted by Crippen LogP contribution is -2.60. The summed E-state index contributed by atoms with van der Waals surface area (Å²) in [5.74, 6) is -0.220. The fourth-order valence-corrected chi connectivity index (χ4v) is 7.96. The fraction of sp³-hybridized carbons (Fsp3) is 0.737. The van der Waals surface area contributed by atoms with Crippen molar-refractivity contribution in [2.45, 2.75) is 256 Å². The van der Waals surface area contributed by atoms with Gasteiger partial charge < -0.3 is 40.3 Å². The molecule has 0 radical (unpaired) electrons. The zero-order valence-corrected chi connectivity index (χ0v) is 41.9. The summed E-state index contributed by atoms with van der Waals surface area (Å²) >= 11 is 0. The van der Waals surface area contributed by atoms with Gasteiger partial charge in [-0.1, -0.05) is 214 Å². The predicted molar refractivity (Wildman–Crippen MR) is 276 cm³/mol. The predicted octanol–water partition coefficient (Wildman–Crippen LogP) is 12.7. The minimum absolute atomic E-state index is 0.219. The summed E-state index contributed by atoms with van der Waals surface area (Å²) in [7, 11) is 0. The summed E-state index contributed by atoms with van der Waals surface area (Å²) < 4.78 is 11.2. The molecule has 7 atom stereocenters. The molecule has 0 aromatic rings. The van der Waals surface area contributed by atoms with E-state index in [1.54, 1.807) is 6.08 Å². The Labute approximate surface area is 403 Å². The van der Waals surface area contributed by atoms with E-state index in [0.717, 1.165) is 70.6 Å². The van der Waals surface area contributed by atoms with Gasteiger partial charge in [0.1, 0.15) is 24.4 Å². The highest BCUT2D eigenvalue weighted by atomic mass is 16.7. The molecule has 66 heavy (non-hydrogen) atoms. The maximum Gasteiger partial charge on any atom is 0.220 e. The number of aliphatic hydroxyl groups is 5. The van der Waals surface area contributed by atoms with Crippen LogP contribution in [-0.4, -0.2) is 87.5 Å². The van der Waals surface area contributed by atoms with E-state index in [0.29, 0.717) is 12.8 Å². The van der Waals surface area contributed by atoms with E-state index in [1.807, 2.05) is 6.08 Å². The molecule has 1 saturated heterocycles. The molecular weight excluding hydrogens is 827 g/mol. The maximum atomic E-state index is 13.0. The van der Waals surface area contributed by atoms with E-state index in [2.05, 4.69) is 92.1 Å². The van der Waals surface area contributed by atoms with Gasteiger partial charge in [-0.3, -0.25) is 4.79 Å². The van der Waals surface area contributed by atoms with E-state index < -0.39 is 49.5 Å². The Balaban J connectivity index is 2.33. The zero-order chi connectivity index (χ0) is 48.0. The highest BCUT2D eigenvalue weighted by molar-refractivity contribution is 5.76. The minimum Gasteiger partial charge on any atom is -0.394 e. The second-order valence-corrected chi connectivity index (χ2v) is 18.3. The number of amides is 1. The van der Waals surface area contributed by atoms with Gasteiger partial charge >= 0.3 is 0 Å². The number of hydrogen-bond donors (Lipinski definition) is 6. The maximum absolute atomic E-state index is 13.0. The van der Waals surface area contributed by atoms with Crippen LogP contribution < -0.4 is 5.32 Å². The van der Waals surface area contributed by atoms with Crippen molar-refractivity contribution >= 4 is 5.91 Å². The van der Waals surface area contributed by atoms with Crippen molar-refractivity contribution in [2.75, 3.05) is 13.2 Å². The van der Waals surface area contributed by atoms with Gasteiger partial charge in [0.15, 0.2) is 6.29 Å². The molecule has 0 aromatic carbocycles. The van der Waals surface area contributed by atoms with Crippen LogP contribution in [0.25, 0.3) is 0 Å². The Hall–Kier alpha value is -2.63. The molecule has 0 spiro atoms. The van der Waals surface area contributed by atoms with Crippen LogP contribution in [0.4, 0.5) is 0 Å². The van der Waals surface area contributed by atoms with Gasteiger partial charge in [0, 0.05) is 6.42 Å². The number of nitrogens with one attached hydrogen (secondary N) is 1. The van der Waals surface area contributed by atoms with Gasteiger partial charge in [0.2, 0.25) is 5.91 Å². The first-order valence-electron chi connectivity index (χ1n) is 26.8. The summed E-state index contributed by atoms with van der Waals surface area (Å²) in [5.41, 5.74) is 0. The Morgan fingerprint density at radius 1 is 0.530 bits per heavy atom. The zero-order valence-electron chi connectivity index (χ0n) is 41.9. The average Bonchev–Trinajstić information content (AvgIpc) is 3.32. The van der Waals surface area contributed by atoms with Gasteiger partial charge in [0.25, 0.3) is 0 Å². The fourth-order valence-electron chi connectivity index (χ4n) is 7.96. The van der Waals surface area contributed by atoms with Crippen molar-refractivity contribution in [1.82, 2.24) is 5.32 Å². The Morgan fingerprint density at radius 3 is 1.45 bits per heavy atom. The number of aliphatic hydroxyl groups excluding tert-OH is 5. The molecule has 0 saturated carbocycles. The van der Waals surface area contributed by atoms with Crippen molar-refractivity contribution in [3.05, 3.63) is 85.1 Å². The molecule has 9 heteroatoms. The summed E-state index contributed by atoms with van der Waals surface area (Å²) in [4.78, 5) is 13.0. The number of unbranched alkanes of at least 4 members (excludes halogenated alkanes) is 22. The van der Waals surface area contributed by atoms with Gasteiger partial charge in [-0.2, -0.15) is 0 Å². The minimum atomic E-state index is -1.58. The third-order valence-corrected chi connectivity index (χ3v) is 12.2. The summed E-state index contributed by atoms with van der Waals surface area (Å²) in [6.07, 6.45) is 57.8. The molecule has 380 valence electrons. The van der Waals surface area contributed by atoms with Crippen LogP contribution in [0, 0.1) is 0 Å². The number of rotatable bonds is 44. The van der Waals surface area contributed by atoms with Crippen LogP contribution in [-0.2, 0) is 14.3 Å². The molecule has 1 aliphatic heterocycles. The molecule has 0 aliphatic carbocycles. The van der Waals surface area contributed by atoms with Crippen LogP contribution in [0.1, 0.15) is 213 Å². The molecule has 0 aromatic heterocycles. The lowest BCUT2D eigenvalue weighted by Gasteiger charge is -2.40. The van der Waals surface area contributed by atoms with Crippen LogP contribution >= 0.6 is 0 Å². The van der Waals surface area contributed by atoms with Crippen molar-refractivity contribution in [2.24, 2.45) is 0 Å². The molecule has 6 N–H and O–H groups in total. The third-order valence-electron chi connectivity index (χ3n) is 12.2. The van der Waals surface area contributed by atoms with Crippen molar-refractivity contribution in [3.8, 4) is 0 Å². The normalized spacial score (nSPS) is 20.5. The van der Waals surface area contributed by atoms with Gasteiger partial charge in [-0.05, 0) is 77.0 Å². The molecule has 1 aliphatic rings. The largest absolute Gasteiger partial charge is 0.394 e. The van der Waals surface area contributed by atoms with E-state index in [-0.39, 0.29) is 12.5 Å². The second kappa shape index (κ2) is 46.1. The molecule has 1 rings (SSSR count). The highest BCUT2D eigenvalue weighted by Gasteiger charge is 2.44. The lowest BCUT2D eigenvalue weighted by atomic mass is 9.99. The van der Waals surface area contributed by atoms with E-state index in [4.69, 9.17) is 9.47 Å². The molecule has 9 nitrogen and oxygen atoms in total. The first-order valence-corrected chi connectivity index (χ1v) is 26.8. The lowest BCUT2D eigenvalue weighted by molar-refractivity contribution is -0.302. The first-order chi connectivity index (χ1) is 32.3. The molecule has 0 bridgehead atoms. The molecule has 1 heterocycles. The van der Waals surface area contributed by atoms with Crippen LogP contribution in [0.5, 0.6) is 0 Å². The van der Waals surface area contributed by atoms with Gasteiger partial charge in [0.05, 0.1) is 25.4 Å². The number of carbonyl (C=O) groups is 1. The van der Waals surface area contributed by atoms with Crippen LogP contribution in [0.2, 0.25) is 0 Å². The quantitative estimate of drug-likeness (QED) is 0.0261. The molecule has 1 amide bonds. The SMILES string of the molecule is CC/C=C\C/C=C\C/C=C\C/C=C\C/C=C\CCCCCC(=O)NC(COC1OC(CO)C(O)C(O)C1O)C(O)/C=C/CC/C=C/CCCCCCCCCCCCCCCCCCCC. The molecule has 7 unspecified atom stereocenters. The highest BCUT2D eigenvalue weighted by Crippen LogP contribution is 2.23. The number of ether oxygens (including phenoxy) is 2. The molecule has 1 fully saturated rings.